The molecule has 0 radical (unpaired) electrons. The summed E-state index contributed by atoms with van der Waals surface area (Å²) in [5.41, 5.74) is 1.26. The molecule has 3 nitrogen and oxygen atoms in total. The van der Waals surface area contributed by atoms with E-state index in [4.69, 9.17) is 9.47 Å². The molecule has 1 aromatic carbocycles. The summed E-state index contributed by atoms with van der Waals surface area (Å²) in [6.07, 6.45) is 2.07. The summed E-state index contributed by atoms with van der Waals surface area (Å²) in [5, 5.41) is 3.41. The molecule has 0 heterocycles. The topological polar surface area (TPSA) is 30.5 Å². The van der Waals surface area contributed by atoms with Crippen molar-refractivity contribution in [1.82, 2.24) is 5.32 Å². The smallest absolute Gasteiger partial charge is 0.122 e. The van der Waals surface area contributed by atoms with E-state index >= 15 is 0 Å². The van der Waals surface area contributed by atoms with Gasteiger partial charge in [0.25, 0.3) is 0 Å². The molecule has 17 heavy (non-hydrogen) atoms. The number of hydrogen-bond donors (Lipinski definition) is 1. The van der Waals surface area contributed by atoms with Crippen molar-refractivity contribution in [3.05, 3.63) is 29.8 Å². The Morgan fingerprint density at radius 2 is 2.00 bits per heavy atom. The molecule has 0 aromatic heterocycles. The van der Waals surface area contributed by atoms with Gasteiger partial charge in [0.2, 0.25) is 0 Å². The summed E-state index contributed by atoms with van der Waals surface area (Å²) in [4.78, 5) is 0. The fourth-order valence-electron chi connectivity index (χ4n) is 1.70. The van der Waals surface area contributed by atoms with Crippen LogP contribution in [0.5, 0.6) is 5.75 Å². The summed E-state index contributed by atoms with van der Waals surface area (Å²) in [5.74, 6) is 0.976. The number of ether oxygens (including phenoxy) is 2. The molecule has 0 saturated carbocycles. The van der Waals surface area contributed by atoms with Crippen molar-refractivity contribution >= 4 is 0 Å². The molecule has 96 valence electrons. The molecule has 0 amide bonds. The summed E-state index contributed by atoms with van der Waals surface area (Å²) in [7, 11) is 1.72. The van der Waals surface area contributed by atoms with E-state index in [1.165, 1.54) is 5.56 Å². The number of hydrogen-bond acceptors (Lipinski definition) is 3. The lowest BCUT2D eigenvalue weighted by Gasteiger charge is -2.08. The van der Waals surface area contributed by atoms with Gasteiger partial charge in [-0.15, -0.1) is 0 Å². The van der Waals surface area contributed by atoms with Crippen molar-refractivity contribution in [2.24, 2.45) is 0 Å². The minimum atomic E-state index is 0.807. The van der Waals surface area contributed by atoms with E-state index in [-0.39, 0.29) is 0 Å². The summed E-state index contributed by atoms with van der Waals surface area (Å²) < 4.78 is 10.6. The van der Waals surface area contributed by atoms with Crippen LogP contribution < -0.4 is 10.1 Å². The molecule has 3 heteroatoms. The van der Waals surface area contributed by atoms with Gasteiger partial charge in [-0.1, -0.05) is 18.2 Å². The Morgan fingerprint density at radius 3 is 2.76 bits per heavy atom. The molecule has 0 aliphatic rings. The van der Waals surface area contributed by atoms with E-state index < -0.39 is 0 Å². The number of methoxy groups -OCH3 is 1. The Morgan fingerprint density at radius 1 is 1.18 bits per heavy atom. The van der Waals surface area contributed by atoms with Crippen molar-refractivity contribution in [2.75, 3.05) is 33.4 Å². The average molecular weight is 237 g/mol. The first-order chi connectivity index (χ1) is 8.38. The highest BCUT2D eigenvalue weighted by molar-refractivity contribution is 5.33. The molecular formula is C14H23NO2. The van der Waals surface area contributed by atoms with Gasteiger partial charge in [-0.3, -0.25) is 0 Å². The number of rotatable bonds is 9. The van der Waals surface area contributed by atoms with Gasteiger partial charge in [-0.2, -0.15) is 0 Å². The molecule has 0 fully saturated rings. The molecule has 1 aromatic rings. The van der Waals surface area contributed by atoms with E-state index in [0.29, 0.717) is 0 Å². The molecule has 0 aliphatic carbocycles. The Bertz CT molecular complexity index is 302. The Balaban J connectivity index is 2.13. The van der Waals surface area contributed by atoms with Gasteiger partial charge in [-0.25, -0.2) is 0 Å². The molecular weight excluding hydrogens is 214 g/mol. The molecule has 0 saturated heterocycles. The van der Waals surface area contributed by atoms with Gasteiger partial charge < -0.3 is 14.8 Å². The van der Waals surface area contributed by atoms with Crippen LogP contribution in [-0.4, -0.2) is 33.4 Å². The van der Waals surface area contributed by atoms with Crippen LogP contribution in [0.25, 0.3) is 0 Å². The molecule has 0 atom stereocenters. The quantitative estimate of drug-likeness (QED) is 0.668. The lowest BCUT2D eigenvalue weighted by atomic mass is 10.1. The number of nitrogens with one attached hydrogen (secondary N) is 1. The van der Waals surface area contributed by atoms with Crippen LogP contribution in [0.15, 0.2) is 24.3 Å². The van der Waals surface area contributed by atoms with Gasteiger partial charge in [0.1, 0.15) is 5.75 Å². The van der Waals surface area contributed by atoms with Crippen molar-refractivity contribution < 1.29 is 9.47 Å². The van der Waals surface area contributed by atoms with Crippen LogP contribution in [0.1, 0.15) is 18.9 Å². The maximum atomic E-state index is 5.31. The van der Waals surface area contributed by atoms with Crippen LogP contribution in [0.3, 0.4) is 0 Å². The normalized spacial score (nSPS) is 10.5. The van der Waals surface area contributed by atoms with Crippen LogP contribution in [0.2, 0.25) is 0 Å². The molecule has 0 bridgehead atoms. The van der Waals surface area contributed by atoms with Gasteiger partial charge in [0.15, 0.2) is 0 Å². The third kappa shape index (κ3) is 5.71. The van der Waals surface area contributed by atoms with Gasteiger partial charge >= 0.3 is 0 Å². The van der Waals surface area contributed by atoms with Gasteiger partial charge in [-0.05, 0) is 44.5 Å². The minimum absolute atomic E-state index is 0.807. The predicted molar refractivity (Wildman–Crippen MR) is 70.7 cm³/mol. The maximum Gasteiger partial charge on any atom is 0.122 e. The summed E-state index contributed by atoms with van der Waals surface area (Å²) >= 11 is 0. The molecule has 0 aliphatic heterocycles. The zero-order chi connectivity index (χ0) is 12.3. The zero-order valence-electron chi connectivity index (χ0n) is 10.9. The third-order valence-corrected chi connectivity index (χ3v) is 2.61. The number of para-hydroxylation sites is 1. The van der Waals surface area contributed by atoms with Gasteiger partial charge in [0.05, 0.1) is 7.11 Å². The summed E-state index contributed by atoms with van der Waals surface area (Å²) in [6, 6.07) is 8.16. The maximum absolute atomic E-state index is 5.31. The predicted octanol–water partition coefficient (Wildman–Crippen LogP) is 2.25. The van der Waals surface area contributed by atoms with Crippen LogP contribution in [-0.2, 0) is 11.2 Å². The van der Waals surface area contributed by atoms with Crippen molar-refractivity contribution in [3.63, 3.8) is 0 Å². The largest absolute Gasteiger partial charge is 0.496 e. The van der Waals surface area contributed by atoms with Crippen LogP contribution in [0, 0.1) is 0 Å². The average Bonchev–Trinajstić information content (AvgIpc) is 2.38. The van der Waals surface area contributed by atoms with Crippen molar-refractivity contribution in [2.45, 2.75) is 19.8 Å². The fourth-order valence-corrected chi connectivity index (χ4v) is 1.70. The highest BCUT2D eigenvalue weighted by atomic mass is 16.5. The molecule has 1 N–H and O–H groups in total. The van der Waals surface area contributed by atoms with Crippen molar-refractivity contribution in [1.29, 1.82) is 0 Å². The Labute approximate surface area is 104 Å². The fraction of sp³-hybridized carbons (Fsp3) is 0.571. The molecule has 0 spiro atoms. The molecule has 0 unspecified atom stereocenters. The second-order valence-electron chi connectivity index (χ2n) is 3.86. The second-order valence-corrected chi connectivity index (χ2v) is 3.86. The van der Waals surface area contributed by atoms with Crippen LogP contribution >= 0.6 is 0 Å². The Hall–Kier alpha value is -1.06. The first kappa shape index (κ1) is 14.0. The van der Waals surface area contributed by atoms with E-state index in [2.05, 4.69) is 11.4 Å². The first-order valence-corrected chi connectivity index (χ1v) is 6.28. The first-order valence-electron chi connectivity index (χ1n) is 6.28. The van der Waals surface area contributed by atoms with Gasteiger partial charge in [0, 0.05) is 13.2 Å². The van der Waals surface area contributed by atoms with Crippen LogP contribution in [0.4, 0.5) is 0 Å². The second kappa shape index (κ2) is 9.02. The standard InChI is InChI=1S/C14H23NO2/c1-3-17-12-6-10-15-11-9-13-7-4-5-8-14(13)16-2/h4-5,7-8,15H,3,6,9-12H2,1-2H3. The number of benzene rings is 1. The zero-order valence-corrected chi connectivity index (χ0v) is 10.9. The monoisotopic (exact) mass is 237 g/mol. The highest BCUT2D eigenvalue weighted by Gasteiger charge is 2.00. The van der Waals surface area contributed by atoms with E-state index in [1.54, 1.807) is 7.11 Å². The SMILES string of the molecule is CCOCCCNCCc1ccccc1OC. The van der Waals surface area contributed by atoms with E-state index in [0.717, 1.165) is 44.9 Å². The Kier molecular flexibility index (Phi) is 7.43. The van der Waals surface area contributed by atoms with Crippen molar-refractivity contribution in [3.8, 4) is 5.75 Å². The lowest BCUT2D eigenvalue weighted by Crippen LogP contribution is -2.20. The summed E-state index contributed by atoms with van der Waals surface area (Å²) in [6.45, 7) is 5.66. The van der Waals surface area contributed by atoms with E-state index in [1.807, 2.05) is 25.1 Å². The molecule has 1 rings (SSSR count). The van der Waals surface area contributed by atoms with E-state index in [9.17, 15) is 0 Å². The third-order valence-electron chi connectivity index (χ3n) is 2.61. The minimum Gasteiger partial charge on any atom is -0.496 e. The lowest BCUT2D eigenvalue weighted by molar-refractivity contribution is 0.145. The highest BCUT2D eigenvalue weighted by Crippen LogP contribution is 2.17.